The minimum atomic E-state index is 0.0990. The molecule has 1 amide bonds. The van der Waals surface area contributed by atoms with Gasteiger partial charge in [0.1, 0.15) is 0 Å². The van der Waals surface area contributed by atoms with Gasteiger partial charge in [0.25, 0.3) is 0 Å². The summed E-state index contributed by atoms with van der Waals surface area (Å²) in [5, 5.41) is 10.6. The molecular formula is C16H21N5O. The Morgan fingerprint density at radius 1 is 1.45 bits per heavy atom. The Morgan fingerprint density at radius 2 is 2.32 bits per heavy atom. The Kier molecular flexibility index (Phi) is 4.20. The lowest BCUT2D eigenvalue weighted by atomic mass is 10.1. The molecule has 1 aliphatic rings. The van der Waals surface area contributed by atoms with Gasteiger partial charge < -0.3 is 10.6 Å². The fraction of sp³-hybridized carbons (Fsp3) is 0.438. The van der Waals surface area contributed by atoms with Gasteiger partial charge in [-0.05, 0) is 44.5 Å². The van der Waals surface area contributed by atoms with E-state index in [-0.39, 0.29) is 11.8 Å². The number of pyridine rings is 1. The van der Waals surface area contributed by atoms with Gasteiger partial charge in [0, 0.05) is 25.0 Å². The van der Waals surface area contributed by atoms with Gasteiger partial charge in [0.2, 0.25) is 5.91 Å². The van der Waals surface area contributed by atoms with E-state index in [0.717, 1.165) is 42.3 Å². The molecule has 1 fully saturated rings. The van der Waals surface area contributed by atoms with Gasteiger partial charge >= 0.3 is 0 Å². The summed E-state index contributed by atoms with van der Waals surface area (Å²) >= 11 is 0. The third kappa shape index (κ3) is 3.17. The Hall–Kier alpha value is -2.21. The molecule has 22 heavy (non-hydrogen) atoms. The van der Waals surface area contributed by atoms with Crippen molar-refractivity contribution in [2.75, 3.05) is 13.1 Å². The van der Waals surface area contributed by atoms with Crippen molar-refractivity contribution in [3.63, 3.8) is 0 Å². The van der Waals surface area contributed by atoms with Crippen LogP contribution >= 0.6 is 0 Å². The molecule has 0 spiro atoms. The number of nitrogens with one attached hydrogen (secondary N) is 2. The molecule has 1 atom stereocenters. The lowest BCUT2D eigenvalue weighted by Crippen LogP contribution is -2.31. The molecule has 1 saturated heterocycles. The number of aromatic nitrogens is 3. The largest absolute Gasteiger partial charge is 0.352 e. The molecule has 0 aliphatic carbocycles. The summed E-state index contributed by atoms with van der Waals surface area (Å²) in [6.45, 7) is 6.19. The fourth-order valence-electron chi connectivity index (χ4n) is 2.72. The number of aryl methyl sites for hydroxylation is 2. The first kappa shape index (κ1) is 14.7. The van der Waals surface area contributed by atoms with Crippen LogP contribution in [0, 0.1) is 19.8 Å². The summed E-state index contributed by atoms with van der Waals surface area (Å²) in [4.78, 5) is 16.4. The van der Waals surface area contributed by atoms with Crippen LogP contribution in [0.4, 0.5) is 0 Å². The summed E-state index contributed by atoms with van der Waals surface area (Å²) < 4.78 is 1.82. The predicted octanol–water partition coefficient (Wildman–Crippen LogP) is 1.11. The number of amides is 1. The lowest BCUT2D eigenvalue weighted by molar-refractivity contribution is -0.124. The van der Waals surface area contributed by atoms with Gasteiger partial charge in [0.05, 0.1) is 11.6 Å². The second kappa shape index (κ2) is 6.27. The minimum absolute atomic E-state index is 0.0990. The van der Waals surface area contributed by atoms with Crippen LogP contribution in [0.3, 0.4) is 0 Å². The number of hydrogen-bond acceptors (Lipinski definition) is 4. The molecule has 1 aliphatic heterocycles. The number of carbonyl (C=O) groups is 1. The molecule has 2 aromatic rings. The first-order chi connectivity index (χ1) is 10.6. The first-order valence-corrected chi connectivity index (χ1v) is 7.60. The number of rotatable bonds is 4. The van der Waals surface area contributed by atoms with E-state index in [9.17, 15) is 4.79 Å². The molecule has 6 nitrogen and oxygen atoms in total. The number of carbonyl (C=O) groups excluding carboxylic acids is 1. The highest BCUT2D eigenvalue weighted by Gasteiger charge is 2.21. The van der Waals surface area contributed by atoms with Crippen molar-refractivity contribution in [1.82, 2.24) is 25.4 Å². The van der Waals surface area contributed by atoms with Crippen molar-refractivity contribution in [1.29, 1.82) is 0 Å². The Morgan fingerprint density at radius 3 is 2.91 bits per heavy atom. The summed E-state index contributed by atoms with van der Waals surface area (Å²) in [7, 11) is 0. The Labute approximate surface area is 129 Å². The van der Waals surface area contributed by atoms with E-state index in [1.807, 2.05) is 36.7 Å². The number of nitrogens with zero attached hydrogens (tertiary/aromatic N) is 3. The molecule has 0 bridgehead atoms. The third-order valence-corrected chi connectivity index (χ3v) is 3.93. The van der Waals surface area contributed by atoms with Crippen LogP contribution < -0.4 is 10.6 Å². The van der Waals surface area contributed by atoms with Gasteiger partial charge in [0.15, 0.2) is 5.82 Å². The normalized spacial score (nSPS) is 17.6. The van der Waals surface area contributed by atoms with Crippen molar-refractivity contribution < 1.29 is 4.79 Å². The van der Waals surface area contributed by atoms with Gasteiger partial charge in [-0.3, -0.25) is 4.79 Å². The topological polar surface area (TPSA) is 71.8 Å². The maximum absolute atomic E-state index is 12.0. The van der Waals surface area contributed by atoms with Crippen molar-refractivity contribution in [3.8, 4) is 5.82 Å². The quantitative estimate of drug-likeness (QED) is 0.887. The van der Waals surface area contributed by atoms with Crippen molar-refractivity contribution in [2.24, 2.45) is 5.92 Å². The molecule has 2 aromatic heterocycles. The molecule has 2 N–H and O–H groups in total. The lowest BCUT2D eigenvalue weighted by Gasteiger charge is -2.10. The van der Waals surface area contributed by atoms with Crippen LogP contribution in [-0.4, -0.2) is 33.8 Å². The highest BCUT2D eigenvalue weighted by atomic mass is 16.1. The highest BCUT2D eigenvalue weighted by Crippen LogP contribution is 2.11. The van der Waals surface area contributed by atoms with E-state index in [0.29, 0.717) is 6.54 Å². The molecule has 0 radical (unpaired) electrons. The monoisotopic (exact) mass is 299 g/mol. The second-order valence-corrected chi connectivity index (χ2v) is 5.77. The van der Waals surface area contributed by atoms with Gasteiger partial charge in [-0.2, -0.15) is 5.10 Å². The molecule has 3 heterocycles. The zero-order valence-electron chi connectivity index (χ0n) is 13.0. The summed E-state index contributed by atoms with van der Waals surface area (Å²) in [6.07, 6.45) is 2.71. The fourth-order valence-corrected chi connectivity index (χ4v) is 2.72. The van der Waals surface area contributed by atoms with Crippen LogP contribution in [0.1, 0.15) is 23.4 Å². The van der Waals surface area contributed by atoms with E-state index < -0.39 is 0 Å². The van der Waals surface area contributed by atoms with E-state index in [2.05, 4.69) is 20.7 Å². The average Bonchev–Trinajstić information content (AvgIpc) is 3.15. The van der Waals surface area contributed by atoms with Crippen molar-refractivity contribution in [2.45, 2.75) is 26.8 Å². The smallest absolute Gasteiger partial charge is 0.224 e. The van der Waals surface area contributed by atoms with Gasteiger partial charge in [-0.1, -0.05) is 6.07 Å². The first-order valence-electron chi connectivity index (χ1n) is 7.60. The van der Waals surface area contributed by atoms with Crippen molar-refractivity contribution in [3.05, 3.63) is 41.3 Å². The molecule has 116 valence electrons. The molecule has 0 aromatic carbocycles. The van der Waals surface area contributed by atoms with Crippen LogP contribution in [0.25, 0.3) is 5.82 Å². The van der Waals surface area contributed by atoms with Crippen molar-refractivity contribution >= 4 is 5.91 Å². The molecule has 0 saturated carbocycles. The van der Waals surface area contributed by atoms with Crippen LogP contribution in [0.2, 0.25) is 0 Å². The molecule has 3 rings (SSSR count). The molecule has 1 unspecified atom stereocenters. The third-order valence-electron chi connectivity index (χ3n) is 3.93. The summed E-state index contributed by atoms with van der Waals surface area (Å²) in [6, 6.07) is 5.93. The van der Waals surface area contributed by atoms with E-state index in [1.54, 1.807) is 6.20 Å². The van der Waals surface area contributed by atoms with Crippen LogP contribution in [0.15, 0.2) is 24.4 Å². The standard InChI is InChI=1S/C16H21N5O/c1-11-7-12(2)21(20-11)15-4-3-13(8-18-15)9-19-16(22)14-5-6-17-10-14/h3-4,7-8,14,17H,5-6,9-10H2,1-2H3,(H,19,22). The van der Waals surface area contributed by atoms with Crippen LogP contribution in [0.5, 0.6) is 0 Å². The van der Waals surface area contributed by atoms with Gasteiger partial charge in [-0.15, -0.1) is 0 Å². The molecular weight excluding hydrogens is 278 g/mol. The summed E-state index contributed by atoms with van der Waals surface area (Å²) in [5.41, 5.74) is 3.02. The molecule has 6 heteroatoms. The Balaban J connectivity index is 1.62. The maximum atomic E-state index is 12.0. The Bertz CT molecular complexity index is 656. The maximum Gasteiger partial charge on any atom is 0.224 e. The second-order valence-electron chi connectivity index (χ2n) is 5.77. The highest BCUT2D eigenvalue weighted by molar-refractivity contribution is 5.79. The number of hydrogen-bond donors (Lipinski definition) is 2. The van der Waals surface area contributed by atoms with E-state index >= 15 is 0 Å². The van der Waals surface area contributed by atoms with E-state index in [1.165, 1.54) is 0 Å². The van der Waals surface area contributed by atoms with E-state index in [4.69, 9.17) is 0 Å². The minimum Gasteiger partial charge on any atom is -0.352 e. The zero-order valence-corrected chi connectivity index (χ0v) is 13.0. The average molecular weight is 299 g/mol. The van der Waals surface area contributed by atoms with Crippen LogP contribution in [-0.2, 0) is 11.3 Å². The predicted molar refractivity (Wildman–Crippen MR) is 83.7 cm³/mol. The van der Waals surface area contributed by atoms with Gasteiger partial charge in [-0.25, -0.2) is 9.67 Å². The SMILES string of the molecule is Cc1cc(C)n(-c2ccc(CNC(=O)C3CCNC3)cn2)n1. The zero-order chi connectivity index (χ0) is 15.5. The summed E-state index contributed by atoms with van der Waals surface area (Å²) in [5.74, 6) is 1.01.